The lowest BCUT2D eigenvalue weighted by Crippen LogP contribution is -2.43. The lowest BCUT2D eigenvalue weighted by molar-refractivity contribution is -0.873. The largest absolute Gasteiger partial charge is 0.481 e. The van der Waals surface area contributed by atoms with Crippen molar-refractivity contribution >= 4 is 17.7 Å². The molecule has 0 saturated heterocycles. The van der Waals surface area contributed by atoms with Gasteiger partial charge in [0.2, 0.25) is 0 Å². The van der Waals surface area contributed by atoms with Crippen LogP contribution in [-0.2, 0) is 19.1 Å². The normalized spacial score (nSPS) is 12.7. The predicted octanol–water partition coefficient (Wildman–Crippen LogP) is 2.40. The van der Waals surface area contributed by atoms with E-state index in [0.29, 0.717) is 17.4 Å². The van der Waals surface area contributed by atoms with Crippen molar-refractivity contribution in [1.82, 2.24) is 0 Å². The molecule has 0 aliphatic rings. The molecule has 0 rings (SSSR count). The third-order valence-electron chi connectivity index (χ3n) is 3.37. The Balaban J connectivity index is 4.16. The number of ketones is 1. The first kappa shape index (κ1) is 21.6. The van der Waals surface area contributed by atoms with Gasteiger partial charge in [-0.15, -0.1) is 0 Å². The number of carbonyl (C=O) groups is 3. The van der Waals surface area contributed by atoms with Crippen LogP contribution in [0.25, 0.3) is 0 Å². The first-order valence-electron chi connectivity index (χ1n) is 8.37. The fraction of sp³-hybridized carbons (Fsp3) is 0.824. The van der Waals surface area contributed by atoms with Crippen LogP contribution in [0.4, 0.5) is 0 Å². The van der Waals surface area contributed by atoms with Crippen molar-refractivity contribution in [2.24, 2.45) is 0 Å². The highest BCUT2D eigenvalue weighted by atomic mass is 16.5. The van der Waals surface area contributed by atoms with Crippen LogP contribution in [0.15, 0.2) is 0 Å². The number of nitrogens with zero attached hydrogens (tertiary/aromatic N) is 1. The summed E-state index contributed by atoms with van der Waals surface area (Å²) in [6.07, 6.45) is 3.97. The third-order valence-corrected chi connectivity index (χ3v) is 3.37. The number of likely N-dealkylation sites (N-methyl/N-ethyl adjacent to an activating group) is 1. The average Bonchev–Trinajstić information content (AvgIpc) is 2.38. The van der Waals surface area contributed by atoms with Crippen molar-refractivity contribution in [2.45, 2.75) is 64.4 Å². The molecule has 1 atom stereocenters. The molecule has 0 aromatic heterocycles. The second-order valence-electron chi connectivity index (χ2n) is 7.03. The zero-order valence-electron chi connectivity index (χ0n) is 15.0. The van der Waals surface area contributed by atoms with E-state index < -0.39 is 18.0 Å². The molecule has 1 N–H and O–H groups in total. The van der Waals surface area contributed by atoms with Gasteiger partial charge in [0.25, 0.3) is 0 Å². The Hall–Kier alpha value is -1.43. The van der Waals surface area contributed by atoms with Gasteiger partial charge in [0.05, 0.1) is 34.0 Å². The summed E-state index contributed by atoms with van der Waals surface area (Å²) in [6, 6.07) is 0. The minimum Gasteiger partial charge on any atom is -0.481 e. The number of carboxylic acids is 1. The Labute approximate surface area is 139 Å². The van der Waals surface area contributed by atoms with E-state index in [-0.39, 0.29) is 25.0 Å². The maximum absolute atomic E-state index is 11.8. The van der Waals surface area contributed by atoms with E-state index >= 15 is 0 Å². The summed E-state index contributed by atoms with van der Waals surface area (Å²) in [5.41, 5.74) is 0. The topological polar surface area (TPSA) is 80.7 Å². The van der Waals surface area contributed by atoms with E-state index in [1.54, 1.807) is 0 Å². The highest BCUT2D eigenvalue weighted by molar-refractivity contribution is 5.83. The minimum atomic E-state index is -0.997. The predicted molar refractivity (Wildman–Crippen MR) is 88.0 cm³/mol. The number of rotatable bonds is 13. The molecule has 0 saturated carbocycles. The number of hydrogen-bond donors (Lipinski definition) is 1. The smallest absolute Gasteiger partial charge is 0.307 e. The quantitative estimate of drug-likeness (QED) is 0.319. The van der Waals surface area contributed by atoms with E-state index in [0.717, 1.165) is 25.7 Å². The van der Waals surface area contributed by atoms with Crippen molar-refractivity contribution in [2.75, 3.05) is 27.7 Å². The number of quaternary nitrogens is 1. The number of carboxylic acid groups (broad SMARTS) is 1. The second kappa shape index (κ2) is 11.2. The zero-order chi connectivity index (χ0) is 17.9. The molecule has 0 amide bonds. The minimum absolute atomic E-state index is 0.0277. The molecule has 23 heavy (non-hydrogen) atoms. The SMILES string of the molecule is CCCCCCC(=O)CCC(=O)OC(CC(=O)O)C[N+](C)(C)C. The molecule has 134 valence electrons. The van der Waals surface area contributed by atoms with Crippen molar-refractivity contribution in [3.8, 4) is 0 Å². The summed E-state index contributed by atoms with van der Waals surface area (Å²) >= 11 is 0. The lowest BCUT2D eigenvalue weighted by atomic mass is 10.1. The molecule has 0 aromatic carbocycles. The van der Waals surface area contributed by atoms with Crippen LogP contribution in [0, 0.1) is 0 Å². The highest BCUT2D eigenvalue weighted by Gasteiger charge is 2.24. The van der Waals surface area contributed by atoms with Crippen LogP contribution in [0.5, 0.6) is 0 Å². The molecule has 0 spiro atoms. The number of esters is 1. The molecule has 0 fully saturated rings. The van der Waals surface area contributed by atoms with Crippen LogP contribution in [0.2, 0.25) is 0 Å². The number of hydrogen-bond acceptors (Lipinski definition) is 4. The van der Waals surface area contributed by atoms with Crippen LogP contribution >= 0.6 is 0 Å². The van der Waals surface area contributed by atoms with Gasteiger partial charge in [0.1, 0.15) is 12.3 Å². The van der Waals surface area contributed by atoms with Crippen LogP contribution in [0.3, 0.4) is 0 Å². The number of aliphatic carboxylic acids is 1. The molecule has 0 bridgehead atoms. The highest BCUT2D eigenvalue weighted by Crippen LogP contribution is 2.09. The van der Waals surface area contributed by atoms with Gasteiger partial charge in [0.15, 0.2) is 6.10 Å². The molecule has 0 aromatic rings. The van der Waals surface area contributed by atoms with Gasteiger partial charge in [-0.1, -0.05) is 26.2 Å². The van der Waals surface area contributed by atoms with Gasteiger partial charge < -0.3 is 14.3 Å². The molecule has 0 heterocycles. The van der Waals surface area contributed by atoms with E-state index in [4.69, 9.17) is 9.84 Å². The Bertz CT molecular complexity index is 387. The van der Waals surface area contributed by atoms with Crippen molar-refractivity contribution in [1.29, 1.82) is 0 Å². The summed E-state index contributed by atoms with van der Waals surface area (Å²) in [6.45, 7) is 2.53. The van der Waals surface area contributed by atoms with Crippen LogP contribution in [0.1, 0.15) is 58.3 Å². The fourth-order valence-corrected chi connectivity index (χ4v) is 2.31. The maximum atomic E-state index is 11.8. The van der Waals surface area contributed by atoms with Gasteiger partial charge >= 0.3 is 11.9 Å². The van der Waals surface area contributed by atoms with E-state index in [2.05, 4.69) is 6.92 Å². The summed E-state index contributed by atoms with van der Waals surface area (Å²) in [7, 11) is 5.72. The Morgan fingerprint density at radius 1 is 1.00 bits per heavy atom. The van der Waals surface area contributed by atoms with Crippen molar-refractivity contribution in [3.05, 3.63) is 0 Å². The van der Waals surface area contributed by atoms with Gasteiger partial charge in [-0.3, -0.25) is 14.4 Å². The molecule has 0 aliphatic carbocycles. The Morgan fingerprint density at radius 2 is 1.65 bits per heavy atom. The van der Waals surface area contributed by atoms with Crippen LogP contribution in [-0.4, -0.2) is 61.1 Å². The van der Waals surface area contributed by atoms with Gasteiger partial charge in [-0.25, -0.2) is 0 Å². The van der Waals surface area contributed by atoms with E-state index in [9.17, 15) is 14.4 Å². The molecular weight excluding hydrogens is 298 g/mol. The van der Waals surface area contributed by atoms with Crippen molar-refractivity contribution in [3.63, 3.8) is 0 Å². The maximum Gasteiger partial charge on any atom is 0.307 e. The summed E-state index contributed by atoms with van der Waals surface area (Å²) in [5, 5.41) is 8.90. The second-order valence-corrected chi connectivity index (χ2v) is 7.03. The molecule has 0 radical (unpaired) electrons. The first-order valence-corrected chi connectivity index (χ1v) is 8.37. The third kappa shape index (κ3) is 13.9. The van der Waals surface area contributed by atoms with Crippen molar-refractivity contribution < 1.29 is 28.7 Å². The summed E-state index contributed by atoms with van der Waals surface area (Å²) in [5.74, 6) is -1.42. The van der Waals surface area contributed by atoms with Gasteiger partial charge in [-0.05, 0) is 6.42 Å². The molecule has 6 heteroatoms. The first-order chi connectivity index (χ1) is 10.6. The number of unbranched alkanes of at least 4 members (excludes halogenated alkanes) is 3. The Morgan fingerprint density at radius 3 is 2.17 bits per heavy atom. The van der Waals surface area contributed by atoms with E-state index in [1.165, 1.54) is 0 Å². The fourth-order valence-electron chi connectivity index (χ4n) is 2.31. The summed E-state index contributed by atoms with van der Waals surface area (Å²) < 4.78 is 5.74. The number of ether oxygens (including phenoxy) is 1. The monoisotopic (exact) mass is 330 g/mol. The van der Waals surface area contributed by atoms with Gasteiger partial charge in [0, 0.05) is 12.8 Å². The molecular formula is C17H32NO5+. The molecule has 1 unspecified atom stereocenters. The van der Waals surface area contributed by atoms with E-state index in [1.807, 2.05) is 21.1 Å². The van der Waals surface area contributed by atoms with Crippen LogP contribution < -0.4 is 0 Å². The number of Topliss-reactive ketones (excluding diaryl/α,β-unsaturated/α-hetero) is 1. The standard InChI is InChI=1S/C17H31NO5/c1-5-6-7-8-9-14(19)10-11-17(22)23-15(12-16(20)21)13-18(2,3)4/h15H,5-13H2,1-4H3/p+1. The number of carbonyl (C=O) groups excluding carboxylic acids is 2. The molecule has 0 aliphatic heterocycles. The summed E-state index contributed by atoms with van der Waals surface area (Å²) in [4.78, 5) is 34.4. The molecule has 6 nitrogen and oxygen atoms in total. The lowest BCUT2D eigenvalue weighted by Gasteiger charge is -2.28. The van der Waals surface area contributed by atoms with Gasteiger partial charge in [-0.2, -0.15) is 0 Å². The zero-order valence-corrected chi connectivity index (χ0v) is 15.0. The Kier molecular flexibility index (Phi) is 10.5. The average molecular weight is 330 g/mol.